The van der Waals surface area contributed by atoms with Crippen molar-refractivity contribution in [2.24, 2.45) is 0 Å². The highest BCUT2D eigenvalue weighted by Gasteiger charge is 2.19. The highest BCUT2D eigenvalue weighted by Crippen LogP contribution is 2.37. The van der Waals surface area contributed by atoms with Gasteiger partial charge in [0.25, 0.3) is 10.0 Å². The van der Waals surface area contributed by atoms with Gasteiger partial charge in [0.15, 0.2) is 5.75 Å². The first-order valence-corrected chi connectivity index (χ1v) is 13.0. The first-order valence-electron chi connectivity index (χ1n) is 8.88. The molecular formula is C20H18Cl2N2O6S2. The van der Waals surface area contributed by atoms with Gasteiger partial charge in [-0.05, 0) is 54.6 Å². The number of ether oxygens (including phenoxy) is 2. The smallest absolute Gasteiger partial charge is 0.262 e. The van der Waals surface area contributed by atoms with Crippen LogP contribution in [0.2, 0.25) is 10.0 Å². The summed E-state index contributed by atoms with van der Waals surface area (Å²) < 4.78 is 64.8. The minimum absolute atomic E-state index is 0.0296. The fraction of sp³-hybridized carbons (Fsp3) is 0.100. The van der Waals surface area contributed by atoms with E-state index in [1.165, 1.54) is 43.5 Å². The minimum Gasteiger partial charge on any atom is -0.497 e. The number of hydrogen-bond acceptors (Lipinski definition) is 6. The third-order valence-electron chi connectivity index (χ3n) is 4.01. The van der Waals surface area contributed by atoms with Gasteiger partial charge in [0, 0.05) is 16.8 Å². The Kier molecular flexibility index (Phi) is 7.09. The number of sulfonamides is 2. The Balaban J connectivity index is 1.99. The maximum atomic E-state index is 12.9. The van der Waals surface area contributed by atoms with Crippen molar-refractivity contribution < 1.29 is 26.3 Å². The van der Waals surface area contributed by atoms with Crippen LogP contribution in [0, 0.1) is 0 Å². The number of hydrogen-bond donors (Lipinski definition) is 2. The highest BCUT2D eigenvalue weighted by molar-refractivity contribution is 7.92. The molecule has 0 aromatic heterocycles. The molecule has 3 aromatic rings. The maximum Gasteiger partial charge on any atom is 0.262 e. The van der Waals surface area contributed by atoms with E-state index in [1.54, 1.807) is 24.3 Å². The molecule has 12 heteroatoms. The van der Waals surface area contributed by atoms with E-state index in [0.717, 1.165) is 6.26 Å². The number of halogens is 2. The number of anilines is 2. The normalized spacial score (nSPS) is 11.6. The number of methoxy groups -OCH3 is 1. The van der Waals surface area contributed by atoms with Gasteiger partial charge in [0.2, 0.25) is 10.0 Å². The van der Waals surface area contributed by atoms with Crippen molar-refractivity contribution >= 4 is 54.6 Å². The van der Waals surface area contributed by atoms with Gasteiger partial charge in [0.05, 0.1) is 29.0 Å². The van der Waals surface area contributed by atoms with Crippen LogP contribution in [0.4, 0.5) is 11.4 Å². The first-order chi connectivity index (χ1) is 15.0. The lowest BCUT2D eigenvalue weighted by Crippen LogP contribution is -2.14. The Morgan fingerprint density at radius 2 is 1.50 bits per heavy atom. The summed E-state index contributed by atoms with van der Waals surface area (Å²) in [4.78, 5) is -0.160. The van der Waals surface area contributed by atoms with E-state index in [9.17, 15) is 16.8 Å². The second kappa shape index (κ2) is 9.45. The van der Waals surface area contributed by atoms with Gasteiger partial charge < -0.3 is 9.47 Å². The van der Waals surface area contributed by atoms with E-state index in [4.69, 9.17) is 32.7 Å². The van der Waals surface area contributed by atoms with Crippen molar-refractivity contribution in [2.75, 3.05) is 22.8 Å². The second-order valence-corrected chi connectivity index (χ2v) is 10.8. The molecule has 0 aliphatic rings. The van der Waals surface area contributed by atoms with Gasteiger partial charge in [-0.1, -0.05) is 23.2 Å². The number of nitrogens with one attached hydrogen (secondary N) is 2. The molecule has 0 aliphatic carbocycles. The average Bonchev–Trinajstić information content (AvgIpc) is 2.70. The molecule has 170 valence electrons. The third kappa shape index (κ3) is 6.19. The van der Waals surface area contributed by atoms with Crippen molar-refractivity contribution in [3.05, 3.63) is 70.7 Å². The molecular weight excluding hydrogens is 499 g/mol. The van der Waals surface area contributed by atoms with Gasteiger partial charge in [-0.2, -0.15) is 0 Å². The van der Waals surface area contributed by atoms with Gasteiger partial charge in [-0.15, -0.1) is 0 Å². The van der Waals surface area contributed by atoms with Crippen LogP contribution in [-0.2, 0) is 20.0 Å². The molecule has 0 heterocycles. The Labute approximate surface area is 196 Å². The van der Waals surface area contributed by atoms with E-state index in [0.29, 0.717) is 16.5 Å². The van der Waals surface area contributed by atoms with E-state index in [1.807, 2.05) is 0 Å². The van der Waals surface area contributed by atoms with Crippen LogP contribution in [0.3, 0.4) is 0 Å². The van der Waals surface area contributed by atoms with E-state index < -0.39 is 20.0 Å². The Morgan fingerprint density at radius 3 is 2.09 bits per heavy atom. The number of benzene rings is 3. The molecule has 0 bridgehead atoms. The van der Waals surface area contributed by atoms with Gasteiger partial charge in [-0.25, -0.2) is 16.8 Å². The molecule has 0 saturated carbocycles. The zero-order chi connectivity index (χ0) is 23.5. The Bertz CT molecular complexity index is 1350. The summed E-state index contributed by atoms with van der Waals surface area (Å²) >= 11 is 12.0. The molecule has 32 heavy (non-hydrogen) atoms. The third-order valence-corrected chi connectivity index (χ3v) is 6.51. The Morgan fingerprint density at radius 1 is 0.812 bits per heavy atom. The van der Waals surface area contributed by atoms with Crippen LogP contribution in [0.5, 0.6) is 17.2 Å². The van der Waals surface area contributed by atoms with Crippen molar-refractivity contribution in [3.63, 3.8) is 0 Å². The molecule has 3 rings (SSSR count). The van der Waals surface area contributed by atoms with Crippen LogP contribution in [0.1, 0.15) is 0 Å². The van der Waals surface area contributed by atoms with Crippen LogP contribution < -0.4 is 18.9 Å². The first kappa shape index (κ1) is 24.0. The molecule has 0 aliphatic heterocycles. The minimum atomic E-state index is -4.03. The molecule has 8 nitrogen and oxygen atoms in total. The average molecular weight is 517 g/mol. The molecule has 3 aromatic carbocycles. The fourth-order valence-corrected chi connectivity index (χ4v) is 4.68. The summed E-state index contributed by atoms with van der Waals surface area (Å²) in [6.07, 6.45) is 0.960. The number of rotatable bonds is 8. The van der Waals surface area contributed by atoms with Crippen molar-refractivity contribution in [2.45, 2.75) is 4.90 Å². The molecule has 0 atom stereocenters. The summed E-state index contributed by atoms with van der Waals surface area (Å²) in [7, 11) is -6.20. The van der Waals surface area contributed by atoms with Crippen LogP contribution >= 0.6 is 23.2 Å². The quantitative estimate of drug-likeness (QED) is 0.437. The van der Waals surface area contributed by atoms with Crippen molar-refractivity contribution in [1.82, 2.24) is 0 Å². The lowest BCUT2D eigenvalue weighted by Gasteiger charge is -2.15. The second-order valence-electron chi connectivity index (χ2n) is 6.54. The summed E-state index contributed by atoms with van der Waals surface area (Å²) in [5.41, 5.74) is 0.342. The van der Waals surface area contributed by atoms with Crippen LogP contribution in [-0.4, -0.2) is 30.2 Å². The molecule has 0 unspecified atom stereocenters. The lowest BCUT2D eigenvalue weighted by molar-refractivity contribution is 0.415. The van der Waals surface area contributed by atoms with Crippen LogP contribution in [0.15, 0.2) is 65.6 Å². The van der Waals surface area contributed by atoms with E-state index in [2.05, 4.69) is 9.44 Å². The zero-order valence-electron chi connectivity index (χ0n) is 16.8. The molecule has 0 fully saturated rings. The molecule has 0 radical (unpaired) electrons. The molecule has 2 N–H and O–H groups in total. The molecule has 0 spiro atoms. The topological polar surface area (TPSA) is 111 Å². The largest absolute Gasteiger partial charge is 0.497 e. The monoisotopic (exact) mass is 516 g/mol. The lowest BCUT2D eigenvalue weighted by atomic mass is 10.3. The fourth-order valence-electron chi connectivity index (χ4n) is 2.59. The Hall–Kier alpha value is -2.66. The van der Waals surface area contributed by atoms with E-state index >= 15 is 0 Å². The van der Waals surface area contributed by atoms with Crippen molar-refractivity contribution in [1.29, 1.82) is 0 Å². The molecule has 0 amide bonds. The maximum absolute atomic E-state index is 12.9. The highest BCUT2D eigenvalue weighted by atomic mass is 35.5. The summed E-state index contributed by atoms with van der Waals surface area (Å²) in [5.74, 6) is 0.655. The van der Waals surface area contributed by atoms with Gasteiger partial charge in [0.1, 0.15) is 11.5 Å². The standard InChI is InChI=1S/C20H18Cl2N2O6S2/c1-29-15-6-4-14(5-7-15)23-32(27,28)16-8-9-18(24-31(2,25)26)20(12-16)30-19-10-3-13(21)11-17(19)22/h3-12,23-24H,1-2H3. The summed E-state index contributed by atoms with van der Waals surface area (Å²) in [6.45, 7) is 0. The predicted octanol–water partition coefficient (Wildman–Crippen LogP) is 4.97. The SMILES string of the molecule is COc1ccc(NS(=O)(=O)c2ccc(NS(C)(=O)=O)c(Oc3ccc(Cl)cc3Cl)c2)cc1. The van der Waals surface area contributed by atoms with E-state index in [-0.39, 0.29) is 27.1 Å². The van der Waals surface area contributed by atoms with Crippen LogP contribution in [0.25, 0.3) is 0 Å². The zero-order valence-corrected chi connectivity index (χ0v) is 19.9. The van der Waals surface area contributed by atoms with Gasteiger partial charge >= 0.3 is 0 Å². The molecule has 0 saturated heterocycles. The predicted molar refractivity (Wildman–Crippen MR) is 125 cm³/mol. The van der Waals surface area contributed by atoms with Crippen molar-refractivity contribution in [3.8, 4) is 17.2 Å². The summed E-state index contributed by atoms with van der Waals surface area (Å²) in [6, 6.07) is 14.4. The van der Waals surface area contributed by atoms with Gasteiger partial charge in [-0.3, -0.25) is 9.44 Å². The summed E-state index contributed by atoms with van der Waals surface area (Å²) in [5, 5.41) is 0.532.